The average molecular weight is 490 g/mol. The van der Waals surface area contributed by atoms with Crippen LogP contribution in [0.2, 0.25) is 0 Å². The Morgan fingerprint density at radius 2 is 1.78 bits per heavy atom. The monoisotopic (exact) mass is 489 g/mol. The first-order valence-corrected chi connectivity index (χ1v) is 12.0. The number of hydrogen-bond donors (Lipinski definition) is 3. The highest BCUT2D eigenvalue weighted by atomic mass is 16.5. The normalized spacial score (nSPS) is 15.6. The van der Waals surface area contributed by atoms with Crippen molar-refractivity contribution in [2.24, 2.45) is 5.73 Å². The zero-order valence-electron chi connectivity index (χ0n) is 20.6. The molecule has 11 heteroatoms. The number of aromatic nitrogens is 4. The molecule has 188 valence electrons. The molecule has 1 fully saturated rings. The summed E-state index contributed by atoms with van der Waals surface area (Å²) >= 11 is 0. The second-order valence-electron chi connectivity index (χ2n) is 9.72. The number of nitrogens with zero attached hydrogens (tertiary/aromatic N) is 6. The van der Waals surface area contributed by atoms with Gasteiger partial charge in [-0.2, -0.15) is 4.98 Å². The lowest BCUT2D eigenvalue weighted by Gasteiger charge is -2.28. The van der Waals surface area contributed by atoms with Gasteiger partial charge in [0.15, 0.2) is 0 Å². The molecule has 36 heavy (non-hydrogen) atoms. The first-order valence-electron chi connectivity index (χ1n) is 12.0. The summed E-state index contributed by atoms with van der Waals surface area (Å²) in [6.45, 7) is 7.60. The number of nitrogen functional groups attached to an aromatic ring is 1. The van der Waals surface area contributed by atoms with E-state index in [4.69, 9.17) is 26.2 Å². The van der Waals surface area contributed by atoms with Crippen LogP contribution in [-0.4, -0.2) is 70.8 Å². The zero-order chi connectivity index (χ0) is 25.3. The van der Waals surface area contributed by atoms with E-state index >= 15 is 0 Å². The number of amides is 1. The average Bonchev–Trinajstić information content (AvgIpc) is 3.31. The molecule has 1 amide bonds. The maximum absolute atomic E-state index is 12.5. The standard InChI is InChI=1S/C25H31N9O2/c1-25(2,27)15-30-22(35)16-3-5-18(6-4-16)34-8-7-19-20(17-13-28-23(26)29-14-17)31-24(32-21(19)34)33-9-11-36-12-10-33/h3-6,13-14H,7-12,15,27H2,1-2H3,(H,30,35)(H2,26,28,29). The van der Waals surface area contributed by atoms with Gasteiger partial charge in [0.1, 0.15) is 5.82 Å². The van der Waals surface area contributed by atoms with Gasteiger partial charge in [-0.1, -0.05) is 0 Å². The predicted octanol–water partition coefficient (Wildman–Crippen LogP) is 1.51. The van der Waals surface area contributed by atoms with Gasteiger partial charge in [0.05, 0.1) is 18.9 Å². The molecule has 11 nitrogen and oxygen atoms in total. The third-order valence-corrected chi connectivity index (χ3v) is 6.20. The van der Waals surface area contributed by atoms with Crippen LogP contribution in [0.1, 0.15) is 29.8 Å². The Kier molecular flexibility index (Phi) is 6.42. The van der Waals surface area contributed by atoms with Crippen LogP contribution in [0.4, 0.5) is 23.4 Å². The largest absolute Gasteiger partial charge is 0.378 e. The number of nitrogens with one attached hydrogen (secondary N) is 1. The topological polar surface area (TPSA) is 148 Å². The number of anilines is 4. The van der Waals surface area contributed by atoms with E-state index in [9.17, 15) is 4.79 Å². The maximum Gasteiger partial charge on any atom is 0.251 e. The Morgan fingerprint density at radius 3 is 2.44 bits per heavy atom. The lowest BCUT2D eigenvalue weighted by Crippen LogP contribution is -2.45. The number of fused-ring (bicyclic) bond motifs is 1. The fraction of sp³-hybridized carbons (Fsp3) is 0.400. The number of morpholine rings is 1. The van der Waals surface area contributed by atoms with Crippen LogP contribution in [0.25, 0.3) is 11.3 Å². The molecule has 1 saturated heterocycles. The quantitative estimate of drug-likeness (QED) is 0.465. The van der Waals surface area contributed by atoms with Crippen LogP contribution in [0.5, 0.6) is 0 Å². The second-order valence-corrected chi connectivity index (χ2v) is 9.72. The summed E-state index contributed by atoms with van der Waals surface area (Å²) in [5.41, 5.74) is 15.4. The van der Waals surface area contributed by atoms with Crippen molar-refractivity contribution >= 4 is 29.3 Å². The van der Waals surface area contributed by atoms with Crippen LogP contribution < -0.4 is 26.6 Å². The lowest BCUT2D eigenvalue weighted by molar-refractivity contribution is 0.0946. The number of benzene rings is 1. The zero-order valence-corrected chi connectivity index (χ0v) is 20.6. The third-order valence-electron chi connectivity index (χ3n) is 6.20. The molecule has 5 N–H and O–H groups in total. The van der Waals surface area contributed by atoms with Crippen molar-refractivity contribution < 1.29 is 9.53 Å². The van der Waals surface area contributed by atoms with Crippen LogP contribution in [0, 0.1) is 0 Å². The molecular formula is C25H31N9O2. The SMILES string of the molecule is CC(C)(N)CNC(=O)c1ccc(N2CCc3c(-c4cnc(N)nc4)nc(N4CCOCC4)nc32)cc1. The predicted molar refractivity (Wildman–Crippen MR) is 138 cm³/mol. The highest BCUT2D eigenvalue weighted by molar-refractivity contribution is 5.94. The fourth-order valence-electron chi connectivity index (χ4n) is 4.30. The minimum Gasteiger partial charge on any atom is -0.378 e. The van der Waals surface area contributed by atoms with Gasteiger partial charge in [-0.15, -0.1) is 0 Å². The molecule has 0 aliphatic carbocycles. The van der Waals surface area contributed by atoms with Gasteiger partial charge in [-0.3, -0.25) is 4.79 Å². The molecule has 1 aromatic carbocycles. The van der Waals surface area contributed by atoms with Gasteiger partial charge in [0, 0.05) is 66.5 Å². The van der Waals surface area contributed by atoms with E-state index in [1.54, 1.807) is 12.4 Å². The van der Waals surface area contributed by atoms with E-state index < -0.39 is 5.54 Å². The molecule has 5 rings (SSSR count). The van der Waals surface area contributed by atoms with Crippen LogP contribution in [0.3, 0.4) is 0 Å². The van der Waals surface area contributed by atoms with Crippen molar-refractivity contribution in [1.82, 2.24) is 25.3 Å². The van der Waals surface area contributed by atoms with E-state index in [2.05, 4.69) is 25.1 Å². The Balaban J connectivity index is 1.47. The molecule has 0 spiro atoms. The number of ether oxygens (including phenoxy) is 1. The Labute approximate surface area is 209 Å². The maximum atomic E-state index is 12.5. The van der Waals surface area contributed by atoms with Crippen LogP contribution >= 0.6 is 0 Å². The van der Waals surface area contributed by atoms with Gasteiger partial charge < -0.3 is 31.3 Å². The molecule has 3 aromatic rings. The molecule has 2 aliphatic heterocycles. The number of hydrogen-bond acceptors (Lipinski definition) is 10. The van der Waals surface area contributed by atoms with Gasteiger partial charge in [0.25, 0.3) is 5.91 Å². The number of nitrogens with two attached hydrogens (primary N) is 2. The highest BCUT2D eigenvalue weighted by Gasteiger charge is 2.29. The van der Waals surface area contributed by atoms with Crippen molar-refractivity contribution in [2.75, 3.05) is 54.9 Å². The summed E-state index contributed by atoms with van der Waals surface area (Å²) in [7, 11) is 0. The Bertz CT molecular complexity index is 1230. The van der Waals surface area contributed by atoms with Gasteiger partial charge in [-0.25, -0.2) is 15.0 Å². The third kappa shape index (κ3) is 5.07. The number of carbonyl (C=O) groups excluding carboxylic acids is 1. The first-order chi connectivity index (χ1) is 17.3. The Morgan fingerprint density at radius 1 is 1.08 bits per heavy atom. The van der Waals surface area contributed by atoms with Crippen LogP contribution in [-0.2, 0) is 11.2 Å². The van der Waals surface area contributed by atoms with E-state index in [1.807, 2.05) is 38.1 Å². The summed E-state index contributed by atoms with van der Waals surface area (Å²) in [6.07, 6.45) is 4.17. The van der Waals surface area contributed by atoms with Gasteiger partial charge >= 0.3 is 0 Å². The number of rotatable bonds is 6. The van der Waals surface area contributed by atoms with E-state index in [0.29, 0.717) is 31.3 Å². The Hall–Kier alpha value is -3.83. The van der Waals surface area contributed by atoms with Gasteiger partial charge in [-0.05, 0) is 44.5 Å². The summed E-state index contributed by atoms with van der Waals surface area (Å²) in [4.78, 5) is 35.1. The van der Waals surface area contributed by atoms with E-state index in [0.717, 1.165) is 54.4 Å². The summed E-state index contributed by atoms with van der Waals surface area (Å²) in [6, 6.07) is 7.54. The van der Waals surface area contributed by atoms with Crippen molar-refractivity contribution in [2.45, 2.75) is 25.8 Å². The first kappa shape index (κ1) is 23.9. The van der Waals surface area contributed by atoms with Crippen molar-refractivity contribution in [3.8, 4) is 11.3 Å². The summed E-state index contributed by atoms with van der Waals surface area (Å²) in [5.74, 6) is 1.57. The van der Waals surface area contributed by atoms with Crippen molar-refractivity contribution in [3.63, 3.8) is 0 Å². The second kappa shape index (κ2) is 9.67. The summed E-state index contributed by atoms with van der Waals surface area (Å²) < 4.78 is 5.52. The van der Waals surface area contributed by atoms with Gasteiger partial charge in [0.2, 0.25) is 11.9 Å². The smallest absolute Gasteiger partial charge is 0.251 e. The molecule has 0 radical (unpaired) electrons. The fourth-order valence-corrected chi connectivity index (χ4v) is 4.30. The molecule has 2 aliphatic rings. The molecule has 0 saturated carbocycles. The lowest BCUT2D eigenvalue weighted by atomic mass is 10.1. The molecular weight excluding hydrogens is 458 g/mol. The van der Waals surface area contributed by atoms with E-state index in [1.165, 1.54) is 0 Å². The molecule has 4 heterocycles. The molecule has 0 bridgehead atoms. The van der Waals surface area contributed by atoms with Crippen molar-refractivity contribution in [3.05, 3.63) is 47.8 Å². The minimum atomic E-state index is -0.472. The highest BCUT2D eigenvalue weighted by Crippen LogP contribution is 2.39. The number of carbonyl (C=O) groups is 1. The summed E-state index contributed by atoms with van der Waals surface area (Å²) in [5, 5.41) is 2.88. The minimum absolute atomic E-state index is 0.149. The molecule has 2 aromatic heterocycles. The van der Waals surface area contributed by atoms with Crippen molar-refractivity contribution in [1.29, 1.82) is 0 Å². The molecule has 0 unspecified atom stereocenters. The van der Waals surface area contributed by atoms with E-state index in [-0.39, 0.29) is 11.9 Å². The molecule has 0 atom stereocenters. The van der Waals surface area contributed by atoms with Crippen LogP contribution in [0.15, 0.2) is 36.7 Å².